The Balaban J connectivity index is 2.25. The Labute approximate surface area is 101 Å². The molecule has 1 aliphatic rings. The SMILES string of the molecule is CS(=O)(=O)c1cc(F)cc(CC2CCCN2)c1. The van der Waals surface area contributed by atoms with E-state index in [0.29, 0.717) is 12.5 Å². The molecule has 1 atom stereocenters. The molecule has 0 spiro atoms. The lowest BCUT2D eigenvalue weighted by Gasteiger charge is -2.11. The molecule has 0 bridgehead atoms. The number of sulfone groups is 1. The predicted molar refractivity (Wildman–Crippen MR) is 64.2 cm³/mol. The highest BCUT2D eigenvalue weighted by Gasteiger charge is 2.16. The Morgan fingerprint density at radius 2 is 2.18 bits per heavy atom. The molecule has 2 rings (SSSR count). The third-order valence-corrected chi connectivity index (χ3v) is 4.10. The van der Waals surface area contributed by atoms with Gasteiger partial charge in [0, 0.05) is 12.3 Å². The van der Waals surface area contributed by atoms with Crippen LogP contribution in [-0.2, 0) is 16.3 Å². The lowest BCUT2D eigenvalue weighted by molar-refractivity contribution is 0.583. The molecular formula is C12H16FNO2S. The lowest BCUT2D eigenvalue weighted by Crippen LogP contribution is -2.23. The first kappa shape index (κ1) is 12.5. The molecule has 1 saturated heterocycles. The van der Waals surface area contributed by atoms with E-state index in [2.05, 4.69) is 5.32 Å². The van der Waals surface area contributed by atoms with Crippen LogP contribution in [0, 0.1) is 5.82 Å². The summed E-state index contributed by atoms with van der Waals surface area (Å²) in [5.41, 5.74) is 0.741. The fourth-order valence-corrected chi connectivity index (χ4v) is 2.86. The van der Waals surface area contributed by atoms with E-state index in [-0.39, 0.29) is 4.90 Å². The van der Waals surface area contributed by atoms with Gasteiger partial charge in [0.1, 0.15) is 5.82 Å². The zero-order valence-corrected chi connectivity index (χ0v) is 10.6. The zero-order valence-electron chi connectivity index (χ0n) is 9.74. The average Bonchev–Trinajstić information content (AvgIpc) is 2.68. The summed E-state index contributed by atoms with van der Waals surface area (Å²) >= 11 is 0. The number of hydrogen-bond donors (Lipinski definition) is 1. The maximum Gasteiger partial charge on any atom is 0.175 e. The van der Waals surface area contributed by atoms with E-state index in [1.807, 2.05) is 0 Å². The molecule has 0 radical (unpaired) electrons. The molecular weight excluding hydrogens is 241 g/mol. The van der Waals surface area contributed by atoms with Gasteiger partial charge in [0.2, 0.25) is 0 Å². The van der Waals surface area contributed by atoms with Crippen molar-refractivity contribution in [3.63, 3.8) is 0 Å². The van der Waals surface area contributed by atoms with Crippen LogP contribution in [0.1, 0.15) is 18.4 Å². The molecule has 5 heteroatoms. The van der Waals surface area contributed by atoms with Crippen molar-refractivity contribution < 1.29 is 12.8 Å². The van der Waals surface area contributed by atoms with Crippen molar-refractivity contribution in [3.8, 4) is 0 Å². The molecule has 0 aromatic heterocycles. The van der Waals surface area contributed by atoms with Gasteiger partial charge in [0.05, 0.1) is 4.90 Å². The van der Waals surface area contributed by atoms with Crippen molar-refractivity contribution in [3.05, 3.63) is 29.6 Å². The van der Waals surface area contributed by atoms with E-state index < -0.39 is 15.7 Å². The van der Waals surface area contributed by atoms with Crippen LogP contribution in [0.25, 0.3) is 0 Å². The van der Waals surface area contributed by atoms with E-state index in [0.717, 1.165) is 37.3 Å². The summed E-state index contributed by atoms with van der Waals surface area (Å²) in [7, 11) is -3.34. The second-order valence-electron chi connectivity index (χ2n) is 4.56. The number of hydrogen-bond acceptors (Lipinski definition) is 3. The molecule has 94 valence electrons. The zero-order chi connectivity index (χ0) is 12.5. The van der Waals surface area contributed by atoms with Gasteiger partial charge >= 0.3 is 0 Å². The second kappa shape index (κ2) is 4.74. The Kier molecular flexibility index (Phi) is 3.49. The van der Waals surface area contributed by atoms with Crippen molar-refractivity contribution in [2.75, 3.05) is 12.8 Å². The largest absolute Gasteiger partial charge is 0.314 e. The predicted octanol–water partition coefficient (Wildman–Crippen LogP) is 1.52. The quantitative estimate of drug-likeness (QED) is 0.893. The second-order valence-corrected chi connectivity index (χ2v) is 6.58. The minimum Gasteiger partial charge on any atom is -0.314 e. The summed E-state index contributed by atoms with van der Waals surface area (Å²) in [5, 5.41) is 3.31. The van der Waals surface area contributed by atoms with Gasteiger partial charge in [-0.05, 0) is 49.6 Å². The normalized spacial score (nSPS) is 20.7. The fraction of sp³-hybridized carbons (Fsp3) is 0.500. The molecule has 0 aliphatic carbocycles. The maximum atomic E-state index is 13.3. The van der Waals surface area contributed by atoms with Crippen molar-refractivity contribution in [2.24, 2.45) is 0 Å². The highest BCUT2D eigenvalue weighted by Crippen LogP contribution is 2.18. The molecule has 1 N–H and O–H groups in total. The molecule has 3 nitrogen and oxygen atoms in total. The Morgan fingerprint density at radius 3 is 2.76 bits per heavy atom. The van der Waals surface area contributed by atoms with Crippen molar-refractivity contribution in [1.82, 2.24) is 5.32 Å². The van der Waals surface area contributed by atoms with Gasteiger partial charge in [-0.2, -0.15) is 0 Å². The van der Waals surface area contributed by atoms with E-state index in [1.54, 1.807) is 6.07 Å². The van der Waals surface area contributed by atoms with Crippen LogP contribution in [0.4, 0.5) is 4.39 Å². The molecule has 1 aromatic rings. The van der Waals surface area contributed by atoms with Gasteiger partial charge < -0.3 is 5.32 Å². The molecule has 1 aliphatic heterocycles. The van der Waals surface area contributed by atoms with Crippen LogP contribution in [0.3, 0.4) is 0 Å². The summed E-state index contributed by atoms with van der Waals surface area (Å²) in [6.07, 6.45) is 3.96. The summed E-state index contributed by atoms with van der Waals surface area (Å²) in [6.45, 7) is 0.985. The minimum absolute atomic E-state index is 0.0606. The standard InChI is InChI=1S/C12H16FNO2S/c1-17(15,16)12-7-9(5-10(13)8-12)6-11-3-2-4-14-11/h5,7-8,11,14H,2-4,6H2,1H3. The Bertz CT molecular complexity index is 507. The van der Waals surface area contributed by atoms with Gasteiger partial charge in [-0.3, -0.25) is 0 Å². The van der Waals surface area contributed by atoms with Crippen LogP contribution in [-0.4, -0.2) is 27.3 Å². The number of benzene rings is 1. The Hall–Kier alpha value is -0.940. The summed E-state index contributed by atoms with van der Waals surface area (Å²) in [4.78, 5) is 0.0606. The molecule has 1 aromatic carbocycles. The molecule has 17 heavy (non-hydrogen) atoms. The first-order chi connectivity index (χ1) is 7.95. The molecule has 0 amide bonds. The van der Waals surface area contributed by atoms with Gasteiger partial charge in [-0.1, -0.05) is 0 Å². The van der Waals surface area contributed by atoms with Gasteiger partial charge in [-0.15, -0.1) is 0 Å². The van der Waals surface area contributed by atoms with E-state index >= 15 is 0 Å². The van der Waals surface area contributed by atoms with Crippen molar-refractivity contribution in [1.29, 1.82) is 0 Å². The third kappa shape index (κ3) is 3.26. The molecule has 1 heterocycles. The van der Waals surface area contributed by atoms with E-state index in [1.165, 1.54) is 6.07 Å². The summed E-state index contributed by atoms with van der Waals surface area (Å²) in [6, 6.07) is 4.39. The van der Waals surface area contributed by atoms with Crippen LogP contribution >= 0.6 is 0 Å². The average molecular weight is 257 g/mol. The first-order valence-electron chi connectivity index (χ1n) is 5.68. The smallest absolute Gasteiger partial charge is 0.175 e. The number of nitrogens with one attached hydrogen (secondary N) is 1. The topological polar surface area (TPSA) is 46.2 Å². The summed E-state index contributed by atoms with van der Waals surface area (Å²) in [5.74, 6) is -0.485. The van der Waals surface area contributed by atoms with Crippen LogP contribution in [0.15, 0.2) is 23.1 Å². The third-order valence-electron chi connectivity index (χ3n) is 3.00. The van der Waals surface area contributed by atoms with Gasteiger partial charge in [0.25, 0.3) is 0 Å². The van der Waals surface area contributed by atoms with Crippen LogP contribution in [0.2, 0.25) is 0 Å². The fourth-order valence-electron chi connectivity index (χ4n) is 2.17. The monoisotopic (exact) mass is 257 g/mol. The van der Waals surface area contributed by atoms with Gasteiger partial charge in [0.15, 0.2) is 9.84 Å². The summed E-state index contributed by atoms with van der Waals surface area (Å²) < 4.78 is 36.1. The van der Waals surface area contributed by atoms with Gasteiger partial charge in [-0.25, -0.2) is 12.8 Å². The Morgan fingerprint density at radius 1 is 1.41 bits per heavy atom. The first-order valence-corrected chi connectivity index (χ1v) is 7.57. The van der Waals surface area contributed by atoms with E-state index in [9.17, 15) is 12.8 Å². The van der Waals surface area contributed by atoms with E-state index in [4.69, 9.17) is 0 Å². The number of halogens is 1. The number of rotatable bonds is 3. The van der Waals surface area contributed by atoms with Crippen molar-refractivity contribution in [2.45, 2.75) is 30.2 Å². The van der Waals surface area contributed by atoms with Crippen molar-refractivity contribution >= 4 is 9.84 Å². The maximum absolute atomic E-state index is 13.3. The van der Waals surface area contributed by atoms with Crippen LogP contribution in [0.5, 0.6) is 0 Å². The molecule has 0 saturated carbocycles. The highest BCUT2D eigenvalue weighted by atomic mass is 32.2. The lowest BCUT2D eigenvalue weighted by atomic mass is 10.0. The molecule has 1 fully saturated rings. The molecule has 1 unspecified atom stereocenters. The minimum atomic E-state index is -3.34. The van der Waals surface area contributed by atoms with Crippen LogP contribution < -0.4 is 5.32 Å². The highest BCUT2D eigenvalue weighted by molar-refractivity contribution is 7.90.